The average Bonchev–Trinajstić information content (AvgIpc) is 3.45. The highest BCUT2D eigenvalue weighted by Gasteiger charge is 2.26. The lowest BCUT2D eigenvalue weighted by Gasteiger charge is -2.11. The molecule has 0 saturated heterocycles. The fourth-order valence-corrected chi connectivity index (χ4v) is 2.48. The summed E-state index contributed by atoms with van der Waals surface area (Å²) in [4.78, 5) is 19.4. The minimum atomic E-state index is -0.400. The number of aromatic nitrogens is 2. The highest BCUT2D eigenvalue weighted by atomic mass is 16.6. The molecule has 1 saturated carbocycles. The van der Waals surface area contributed by atoms with Crippen molar-refractivity contribution in [3.05, 3.63) is 51.7 Å². The van der Waals surface area contributed by atoms with Crippen LogP contribution >= 0.6 is 0 Å². The van der Waals surface area contributed by atoms with E-state index in [0.29, 0.717) is 37.2 Å². The molecule has 3 N–H and O–H groups in total. The maximum absolute atomic E-state index is 10.9. The Kier molecular flexibility index (Phi) is 5.39. The first-order valence-corrected chi connectivity index (χ1v) is 8.36. The third-order valence-electron chi connectivity index (χ3n) is 3.95. The number of aliphatic hydroxyl groups excluding tert-OH is 1. The molecule has 3 rings (SSSR count). The molecular weight excluding hydrogens is 322 g/mol. The second-order valence-electron chi connectivity index (χ2n) is 6.06. The Balaban J connectivity index is 1.70. The summed E-state index contributed by atoms with van der Waals surface area (Å²) >= 11 is 0. The van der Waals surface area contributed by atoms with E-state index in [0.717, 1.165) is 24.1 Å². The van der Waals surface area contributed by atoms with E-state index in [-0.39, 0.29) is 12.3 Å². The molecular formula is C17H21N5O3. The number of hydrogen-bond acceptors (Lipinski definition) is 7. The maximum atomic E-state index is 10.9. The number of rotatable bonds is 9. The molecule has 25 heavy (non-hydrogen) atoms. The monoisotopic (exact) mass is 343 g/mol. The maximum Gasteiger partial charge on any atom is 0.269 e. The van der Waals surface area contributed by atoms with Gasteiger partial charge in [-0.15, -0.1) is 0 Å². The molecule has 0 bridgehead atoms. The Hall–Kier alpha value is -2.74. The van der Waals surface area contributed by atoms with Crippen molar-refractivity contribution >= 4 is 17.5 Å². The second kappa shape index (κ2) is 7.89. The molecule has 0 unspecified atom stereocenters. The molecule has 8 nitrogen and oxygen atoms in total. The fourth-order valence-electron chi connectivity index (χ4n) is 2.48. The van der Waals surface area contributed by atoms with Gasteiger partial charge in [0.1, 0.15) is 5.82 Å². The van der Waals surface area contributed by atoms with Crippen LogP contribution in [0.4, 0.5) is 17.5 Å². The lowest BCUT2D eigenvalue weighted by molar-refractivity contribution is -0.384. The van der Waals surface area contributed by atoms with Gasteiger partial charge in [-0.1, -0.05) is 12.1 Å². The zero-order valence-corrected chi connectivity index (χ0v) is 13.8. The highest BCUT2D eigenvalue weighted by Crippen LogP contribution is 2.39. The van der Waals surface area contributed by atoms with Crippen LogP contribution in [0.15, 0.2) is 30.3 Å². The van der Waals surface area contributed by atoms with E-state index in [1.807, 2.05) is 12.1 Å². The quantitative estimate of drug-likeness (QED) is 0.364. The molecule has 1 heterocycles. The first-order valence-electron chi connectivity index (χ1n) is 8.36. The number of anilines is 2. The van der Waals surface area contributed by atoms with Gasteiger partial charge >= 0.3 is 0 Å². The zero-order chi connectivity index (χ0) is 17.6. The van der Waals surface area contributed by atoms with E-state index in [9.17, 15) is 10.1 Å². The number of nitro groups is 1. The molecule has 1 fully saturated rings. The predicted molar refractivity (Wildman–Crippen MR) is 94.6 cm³/mol. The summed E-state index contributed by atoms with van der Waals surface area (Å²) in [5, 5.41) is 26.1. The molecule has 1 aromatic heterocycles. The second-order valence-corrected chi connectivity index (χ2v) is 6.06. The van der Waals surface area contributed by atoms with Crippen molar-refractivity contribution < 1.29 is 10.0 Å². The molecule has 0 atom stereocenters. The van der Waals surface area contributed by atoms with Crippen LogP contribution in [0.5, 0.6) is 0 Å². The van der Waals surface area contributed by atoms with Crippen LogP contribution in [0.1, 0.15) is 36.4 Å². The fraction of sp³-hybridized carbons (Fsp3) is 0.412. The molecule has 0 amide bonds. The van der Waals surface area contributed by atoms with Gasteiger partial charge in [-0.2, -0.15) is 4.98 Å². The number of non-ortho nitro benzene ring substituents is 1. The van der Waals surface area contributed by atoms with Crippen LogP contribution in [0.3, 0.4) is 0 Å². The van der Waals surface area contributed by atoms with E-state index in [2.05, 4.69) is 20.6 Å². The van der Waals surface area contributed by atoms with E-state index < -0.39 is 4.92 Å². The van der Waals surface area contributed by atoms with Crippen molar-refractivity contribution in [1.29, 1.82) is 0 Å². The minimum Gasteiger partial charge on any atom is -0.396 e. The lowest BCUT2D eigenvalue weighted by Crippen LogP contribution is -2.10. The molecule has 8 heteroatoms. The van der Waals surface area contributed by atoms with Gasteiger partial charge in [-0.3, -0.25) is 10.1 Å². The van der Waals surface area contributed by atoms with E-state index in [1.165, 1.54) is 6.07 Å². The average molecular weight is 343 g/mol. The summed E-state index contributed by atoms with van der Waals surface area (Å²) in [5.41, 5.74) is 1.89. The Bertz CT molecular complexity index is 749. The molecule has 0 aliphatic heterocycles. The summed E-state index contributed by atoms with van der Waals surface area (Å²) in [6.45, 7) is 1.17. The largest absolute Gasteiger partial charge is 0.396 e. The summed E-state index contributed by atoms with van der Waals surface area (Å²) in [5.74, 6) is 1.72. The van der Waals surface area contributed by atoms with Crippen molar-refractivity contribution in [1.82, 2.24) is 9.97 Å². The third-order valence-corrected chi connectivity index (χ3v) is 3.95. The van der Waals surface area contributed by atoms with Crippen LogP contribution in [0, 0.1) is 10.1 Å². The number of benzene rings is 1. The lowest BCUT2D eigenvalue weighted by atomic mass is 10.2. The van der Waals surface area contributed by atoms with Crippen molar-refractivity contribution in [2.45, 2.75) is 31.7 Å². The number of nitro benzene ring substituents is 1. The van der Waals surface area contributed by atoms with Gasteiger partial charge in [0, 0.05) is 43.8 Å². The topological polar surface area (TPSA) is 113 Å². The summed E-state index contributed by atoms with van der Waals surface area (Å²) in [6, 6.07) is 8.47. The summed E-state index contributed by atoms with van der Waals surface area (Å²) in [7, 11) is 0. The summed E-state index contributed by atoms with van der Waals surface area (Å²) < 4.78 is 0. The normalized spacial score (nSPS) is 13.5. The number of hydrogen-bond donors (Lipinski definition) is 3. The number of nitrogens with one attached hydrogen (secondary N) is 2. The number of nitrogens with zero attached hydrogens (tertiary/aromatic N) is 3. The van der Waals surface area contributed by atoms with Crippen LogP contribution in [-0.4, -0.2) is 33.1 Å². The Morgan fingerprint density at radius 1 is 1.24 bits per heavy atom. The van der Waals surface area contributed by atoms with Gasteiger partial charge in [-0.25, -0.2) is 4.98 Å². The highest BCUT2D eigenvalue weighted by molar-refractivity contribution is 5.45. The SMILES string of the molecule is O=[N+]([O-])c1cccc(CNc2cc(C3CC3)nc(NCCCO)n2)c1. The van der Waals surface area contributed by atoms with Crippen LogP contribution in [0.25, 0.3) is 0 Å². The first-order chi connectivity index (χ1) is 12.2. The van der Waals surface area contributed by atoms with Gasteiger partial charge < -0.3 is 15.7 Å². The third kappa shape index (κ3) is 4.87. The predicted octanol–water partition coefficient (Wildman–Crippen LogP) is 2.67. The first kappa shape index (κ1) is 17.1. The van der Waals surface area contributed by atoms with Gasteiger partial charge in [0.25, 0.3) is 5.69 Å². The zero-order valence-electron chi connectivity index (χ0n) is 13.8. The van der Waals surface area contributed by atoms with E-state index >= 15 is 0 Å². The van der Waals surface area contributed by atoms with Gasteiger partial charge in [0.2, 0.25) is 5.95 Å². The van der Waals surface area contributed by atoms with Crippen LogP contribution in [0.2, 0.25) is 0 Å². The van der Waals surface area contributed by atoms with E-state index in [1.54, 1.807) is 12.1 Å². The standard InChI is InChI=1S/C17H21N5O3/c23-8-2-7-18-17-20-15(13-5-6-13)10-16(21-17)19-11-12-3-1-4-14(9-12)22(24)25/h1,3-4,9-10,13,23H,2,5-8,11H2,(H2,18,19,20,21). The molecule has 132 valence electrons. The van der Waals surface area contributed by atoms with Crippen LogP contribution in [-0.2, 0) is 6.54 Å². The van der Waals surface area contributed by atoms with E-state index in [4.69, 9.17) is 5.11 Å². The van der Waals surface area contributed by atoms with Crippen molar-refractivity contribution in [2.24, 2.45) is 0 Å². The molecule has 1 aliphatic rings. The molecule has 1 aromatic carbocycles. The van der Waals surface area contributed by atoms with Crippen molar-refractivity contribution in [3.63, 3.8) is 0 Å². The Morgan fingerprint density at radius 3 is 2.80 bits per heavy atom. The van der Waals surface area contributed by atoms with Gasteiger partial charge in [-0.05, 0) is 24.8 Å². The van der Waals surface area contributed by atoms with Crippen molar-refractivity contribution in [2.75, 3.05) is 23.8 Å². The van der Waals surface area contributed by atoms with Gasteiger partial charge in [0.05, 0.1) is 10.6 Å². The number of aliphatic hydroxyl groups is 1. The Morgan fingerprint density at radius 2 is 2.08 bits per heavy atom. The van der Waals surface area contributed by atoms with Crippen molar-refractivity contribution in [3.8, 4) is 0 Å². The molecule has 1 aliphatic carbocycles. The molecule has 2 aromatic rings. The summed E-state index contributed by atoms with van der Waals surface area (Å²) in [6.07, 6.45) is 2.91. The Labute approximate surface area is 145 Å². The smallest absolute Gasteiger partial charge is 0.269 e. The molecule has 0 radical (unpaired) electrons. The van der Waals surface area contributed by atoms with Gasteiger partial charge in [0.15, 0.2) is 0 Å². The van der Waals surface area contributed by atoms with Crippen LogP contribution < -0.4 is 10.6 Å². The molecule has 0 spiro atoms. The minimum absolute atomic E-state index is 0.0759.